The van der Waals surface area contributed by atoms with Crippen molar-refractivity contribution in [3.05, 3.63) is 12.2 Å². The van der Waals surface area contributed by atoms with Crippen molar-refractivity contribution < 1.29 is 5.21 Å². The molecule has 14 heavy (non-hydrogen) atoms. The SMILES string of the molecule is O/N=C1/C=CCCC1N1CCCCC1. The maximum Gasteiger partial charge on any atom is 0.0964 e. The Morgan fingerprint density at radius 2 is 2.07 bits per heavy atom. The van der Waals surface area contributed by atoms with Crippen LogP contribution in [0.15, 0.2) is 17.3 Å². The second-order valence-corrected chi connectivity index (χ2v) is 4.12. The molecular formula is C11H18N2O. The minimum Gasteiger partial charge on any atom is -0.411 e. The zero-order valence-corrected chi connectivity index (χ0v) is 8.52. The molecule has 0 bridgehead atoms. The van der Waals surface area contributed by atoms with Crippen LogP contribution in [-0.4, -0.2) is 35.0 Å². The fraction of sp³-hybridized carbons (Fsp3) is 0.727. The van der Waals surface area contributed by atoms with E-state index >= 15 is 0 Å². The summed E-state index contributed by atoms with van der Waals surface area (Å²) in [7, 11) is 0. The second-order valence-electron chi connectivity index (χ2n) is 4.12. The molecule has 1 aliphatic heterocycles. The van der Waals surface area contributed by atoms with E-state index in [0.717, 1.165) is 31.6 Å². The van der Waals surface area contributed by atoms with Gasteiger partial charge < -0.3 is 5.21 Å². The highest BCUT2D eigenvalue weighted by atomic mass is 16.4. The molecule has 0 spiro atoms. The average molecular weight is 194 g/mol. The molecule has 1 heterocycles. The van der Waals surface area contributed by atoms with Crippen LogP contribution in [0.3, 0.4) is 0 Å². The average Bonchev–Trinajstić information content (AvgIpc) is 2.30. The minimum atomic E-state index is 0.366. The molecule has 1 atom stereocenters. The van der Waals surface area contributed by atoms with Crippen LogP contribution in [0.25, 0.3) is 0 Å². The lowest BCUT2D eigenvalue weighted by molar-refractivity contribution is 0.190. The van der Waals surface area contributed by atoms with Gasteiger partial charge in [0.25, 0.3) is 0 Å². The molecular weight excluding hydrogens is 176 g/mol. The molecule has 0 aromatic heterocycles. The van der Waals surface area contributed by atoms with E-state index in [-0.39, 0.29) is 0 Å². The van der Waals surface area contributed by atoms with E-state index in [1.54, 1.807) is 0 Å². The Morgan fingerprint density at radius 1 is 1.29 bits per heavy atom. The van der Waals surface area contributed by atoms with Gasteiger partial charge in [0.2, 0.25) is 0 Å². The maximum absolute atomic E-state index is 8.90. The number of piperidine rings is 1. The van der Waals surface area contributed by atoms with Gasteiger partial charge in [0, 0.05) is 0 Å². The van der Waals surface area contributed by atoms with E-state index in [1.165, 1.54) is 19.3 Å². The zero-order chi connectivity index (χ0) is 9.80. The van der Waals surface area contributed by atoms with Crippen LogP contribution in [0, 0.1) is 0 Å². The van der Waals surface area contributed by atoms with Crippen molar-refractivity contribution in [2.45, 2.75) is 38.1 Å². The standard InChI is InChI=1S/C11H18N2O/c14-12-10-6-2-3-7-11(10)13-8-4-1-5-9-13/h2,6,11,14H,1,3-5,7-9H2/b12-10-. The normalized spacial score (nSPS) is 32.3. The first-order valence-electron chi connectivity index (χ1n) is 5.54. The third kappa shape index (κ3) is 1.98. The molecule has 3 heteroatoms. The molecule has 1 aliphatic carbocycles. The Bertz CT molecular complexity index is 242. The largest absolute Gasteiger partial charge is 0.411 e. The van der Waals surface area contributed by atoms with E-state index in [1.807, 2.05) is 6.08 Å². The maximum atomic E-state index is 8.90. The molecule has 3 nitrogen and oxygen atoms in total. The minimum absolute atomic E-state index is 0.366. The van der Waals surface area contributed by atoms with Crippen molar-refractivity contribution in [1.29, 1.82) is 0 Å². The molecule has 0 aromatic rings. The number of hydrogen-bond acceptors (Lipinski definition) is 3. The third-order valence-electron chi connectivity index (χ3n) is 3.18. The molecule has 1 saturated heterocycles. The van der Waals surface area contributed by atoms with Crippen LogP contribution in [0.1, 0.15) is 32.1 Å². The van der Waals surface area contributed by atoms with Gasteiger partial charge in [-0.05, 0) is 44.8 Å². The van der Waals surface area contributed by atoms with Crippen molar-refractivity contribution in [3.63, 3.8) is 0 Å². The van der Waals surface area contributed by atoms with Crippen molar-refractivity contribution in [3.8, 4) is 0 Å². The van der Waals surface area contributed by atoms with Gasteiger partial charge >= 0.3 is 0 Å². The summed E-state index contributed by atoms with van der Waals surface area (Å²) >= 11 is 0. The van der Waals surface area contributed by atoms with Gasteiger partial charge in [-0.2, -0.15) is 0 Å². The van der Waals surface area contributed by atoms with Crippen LogP contribution in [0.4, 0.5) is 0 Å². The molecule has 2 rings (SSSR count). The van der Waals surface area contributed by atoms with E-state index in [0.29, 0.717) is 6.04 Å². The Hall–Kier alpha value is -0.830. The van der Waals surface area contributed by atoms with Crippen LogP contribution in [-0.2, 0) is 0 Å². The monoisotopic (exact) mass is 194 g/mol. The fourth-order valence-corrected chi connectivity index (χ4v) is 2.42. The predicted molar refractivity (Wildman–Crippen MR) is 56.8 cm³/mol. The number of oxime groups is 1. The summed E-state index contributed by atoms with van der Waals surface area (Å²) in [5.74, 6) is 0. The number of allylic oxidation sites excluding steroid dienone is 1. The van der Waals surface area contributed by atoms with Gasteiger partial charge in [-0.15, -0.1) is 0 Å². The Morgan fingerprint density at radius 3 is 2.79 bits per heavy atom. The van der Waals surface area contributed by atoms with Gasteiger partial charge in [0.1, 0.15) is 0 Å². The van der Waals surface area contributed by atoms with E-state index < -0.39 is 0 Å². The Kier molecular flexibility index (Phi) is 3.19. The molecule has 2 aliphatic rings. The quantitative estimate of drug-likeness (QED) is 0.512. The van der Waals surface area contributed by atoms with E-state index in [2.05, 4.69) is 16.1 Å². The van der Waals surface area contributed by atoms with E-state index in [4.69, 9.17) is 5.21 Å². The summed E-state index contributed by atoms with van der Waals surface area (Å²) in [5.41, 5.74) is 0.846. The summed E-state index contributed by atoms with van der Waals surface area (Å²) in [4.78, 5) is 2.46. The van der Waals surface area contributed by atoms with Gasteiger partial charge in [0.15, 0.2) is 0 Å². The molecule has 78 valence electrons. The summed E-state index contributed by atoms with van der Waals surface area (Å²) in [6.45, 7) is 2.33. The third-order valence-corrected chi connectivity index (χ3v) is 3.18. The Labute approximate surface area is 85.1 Å². The second kappa shape index (κ2) is 4.60. The van der Waals surface area contributed by atoms with Gasteiger partial charge in [-0.1, -0.05) is 17.7 Å². The molecule has 0 saturated carbocycles. The van der Waals surface area contributed by atoms with Gasteiger partial charge in [-0.3, -0.25) is 4.90 Å². The van der Waals surface area contributed by atoms with Crippen molar-refractivity contribution in [2.75, 3.05) is 13.1 Å². The van der Waals surface area contributed by atoms with Crippen molar-refractivity contribution in [1.82, 2.24) is 4.90 Å². The van der Waals surface area contributed by atoms with Crippen LogP contribution < -0.4 is 0 Å². The fourth-order valence-electron chi connectivity index (χ4n) is 2.42. The number of likely N-dealkylation sites (tertiary alicyclic amines) is 1. The summed E-state index contributed by atoms with van der Waals surface area (Å²) in [5, 5.41) is 12.3. The topological polar surface area (TPSA) is 35.8 Å². The van der Waals surface area contributed by atoms with E-state index in [9.17, 15) is 0 Å². The van der Waals surface area contributed by atoms with Gasteiger partial charge in [-0.25, -0.2) is 0 Å². The number of hydrogen-bond donors (Lipinski definition) is 1. The highest BCUT2D eigenvalue weighted by Crippen LogP contribution is 2.20. The molecule has 0 amide bonds. The lowest BCUT2D eigenvalue weighted by atomic mass is 9.96. The first-order chi connectivity index (χ1) is 6.92. The van der Waals surface area contributed by atoms with Crippen LogP contribution in [0.5, 0.6) is 0 Å². The Balaban J connectivity index is 2.04. The van der Waals surface area contributed by atoms with Crippen LogP contribution >= 0.6 is 0 Å². The molecule has 1 unspecified atom stereocenters. The first kappa shape index (κ1) is 9.71. The highest BCUT2D eigenvalue weighted by Gasteiger charge is 2.25. The van der Waals surface area contributed by atoms with Crippen LogP contribution in [0.2, 0.25) is 0 Å². The molecule has 0 radical (unpaired) electrons. The van der Waals surface area contributed by atoms with Gasteiger partial charge in [0.05, 0.1) is 11.8 Å². The molecule has 1 fully saturated rings. The van der Waals surface area contributed by atoms with Crippen molar-refractivity contribution in [2.24, 2.45) is 5.16 Å². The molecule has 0 aromatic carbocycles. The lowest BCUT2D eigenvalue weighted by Gasteiger charge is -2.35. The summed E-state index contributed by atoms with van der Waals surface area (Å²) in [6, 6.07) is 0.366. The summed E-state index contributed by atoms with van der Waals surface area (Å²) in [6.07, 6.45) is 10.2. The smallest absolute Gasteiger partial charge is 0.0964 e. The predicted octanol–water partition coefficient (Wildman–Crippen LogP) is 2.02. The number of nitrogens with zero attached hydrogens (tertiary/aromatic N) is 2. The zero-order valence-electron chi connectivity index (χ0n) is 8.52. The lowest BCUT2D eigenvalue weighted by Crippen LogP contribution is -2.44. The van der Waals surface area contributed by atoms with Crippen molar-refractivity contribution >= 4 is 5.71 Å². The summed E-state index contributed by atoms with van der Waals surface area (Å²) < 4.78 is 0. The highest BCUT2D eigenvalue weighted by molar-refractivity contribution is 5.99. The first-order valence-corrected chi connectivity index (χ1v) is 5.54. The molecule has 1 N–H and O–H groups in total. The number of rotatable bonds is 1.